The minimum absolute atomic E-state index is 0.0134. The standard InChI is InChI=1S/C16H23N3O3/c20-14(21)8-7-11-4-3-9-19(10-11)16(22)15-12-5-1-2-6-13(12)17-18-15/h11H,1-10H2,(H,17,18)(H,20,21). The van der Waals surface area contributed by atoms with Crippen LogP contribution in [0.2, 0.25) is 0 Å². The number of likely N-dealkylation sites (tertiary alicyclic amines) is 1. The molecule has 1 amide bonds. The molecule has 1 aromatic heterocycles. The van der Waals surface area contributed by atoms with Gasteiger partial charge in [-0.05, 0) is 50.9 Å². The lowest BCUT2D eigenvalue weighted by atomic mass is 9.92. The van der Waals surface area contributed by atoms with E-state index in [-0.39, 0.29) is 12.3 Å². The number of H-pyrrole nitrogens is 1. The number of aliphatic carboxylic acids is 1. The number of carboxylic acid groups (broad SMARTS) is 1. The lowest BCUT2D eigenvalue weighted by Crippen LogP contribution is -2.40. The maximum absolute atomic E-state index is 12.7. The molecule has 3 rings (SSSR count). The Kier molecular flexibility index (Phi) is 4.45. The van der Waals surface area contributed by atoms with Gasteiger partial charge in [0.15, 0.2) is 5.69 Å². The van der Waals surface area contributed by atoms with Crippen molar-refractivity contribution in [2.45, 2.75) is 51.4 Å². The number of amides is 1. The molecule has 6 nitrogen and oxygen atoms in total. The minimum Gasteiger partial charge on any atom is -0.481 e. The first-order valence-corrected chi connectivity index (χ1v) is 8.22. The van der Waals surface area contributed by atoms with E-state index in [4.69, 9.17) is 5.11 Å². The van der Waals surface area contributed by atoms with Crippen molar-refractivity contribution in [2.24, 2.45) is 5.92 Å². The smallest absolute Gasteiger partial charge is 0.303 e. The Hall–Kier alpha value is -1.85. The second-order valence-electron chi connectivity index (χ2n) is 6.43. The number of aromatic amines is 1. The van der Waals surface area contributed by atoms with Crippen LogP contribution in [0, 0.1) is 5.92 Å². The predicted octanol–water partition coefficient (Wildman–Crippen LogP) is 2.01. The molecule has 0 saturated carbocycles. The van der Waals surface area contributed by atoms with E-state index in [0.29, 0.717) is 24.6 Å². The Morgan fingerprint density at radius 3 is 2.91 bits per heavy atom. The molecule has 1 atom stereocenters. The van der Waals surface area contributed by atoms with Crippen LogP contribution in [0.4, 0.5) is 0 Å². The SMILES string of the molecule is O=C(O)CCC1CCCN(C(=O)c2n[nH]c3c2CCCC3)C1. The van der Waals surface area contributed by atoms with Crippen LogP contribution in [0.25, 0.3) is 0 Å². The fraction of sp³-hybridized carbons (Fsp3) is 0.688. The van der Waals surface area contributed by atoms with Crippen molar-refractivity contribution in [2.75, 3.05) is 13.1 Å². The van der Waals surface area contributed by atoms with E-state index in [1.54, 1.807) is 0 Å². The van der Waals surface area contributed by atoms with E-state index in [0.717, 1.165) is 56.3 Å². The van der Waals surface area contributed by atoms with Gasteiger partial charge in [0, 0.05) is 30.8 Å². The molecular formula is C16H23N3O3. The molecule has 1 unspecified atom stereocenters. The summed E-state index contributed by atoms with van der Waals surface area (Å²) in [4.78, 5) is 25.3. The van der Waals surface area contributed by atoms with Crippen LogP contribution in [0.1, 0.15) is 60.3 Å². The van der Waals surface area contributed by atoms with E-state index in [9.17, 15) is 9.59 Å². The van der Waals surface area contributed by atoms with Crippen molar-refractivity contribution < 1.29 is 14.7 Å². The number of fused-ring (bicyclic) bond motifs is 1. The van der Waals surface area contributed by atoms with Gasteiger partial charge < -0.3 is 10.0 Å². The molecule has 1 aliphatic carbocycles. The van der Waals surface area contributed by atoms with E-state index in [2.05, 4.69) is 10.2 Å². The zero-order valence-electron chi connectivity index (χ0n) is 12.8. The largest absolute Gasteiger partial charge is 0.481 e. The van der Waals surface area contributed by atoms with E-state index in [1.165, 1.54) is 0 Å². The van der Waals surface area contributed by atoms with Gasteiger partial charge in [0.2, 0.25) is 0 Å². The Morgan fingerprint density at radius 2 is 2.09 bits per heavy atom. The van der Waals surface area contributed by atoms with Crippen molar-refractivity contribution >= 4 is 11.9 Å². The highest BCUT2D eigenvalue weighted by Gasteiger charge is 2.29. The van der Waals surface area contributed by atoms with Crippen LogP contribution in [0.15, 0.2) is 0 Å². The summed E-state index contributed by atoms with van der Waals surface area (Å²) in [6.07, 6.45) is 6.98. The van der Waals surface area contributed by atoms with Crippen molar-refractivity contribution in [3.05, 3.63) is 17.0 Å². The third-order valence-corrected chi connectivity index (χ3v) is 4.83. The van der Waals surface area contributed by atoms with Crippen molar-refractivity contribution in [1.82, 2.24) is 15.1 Å². The molecule has 1 fully saturated rings. The molecule has 6 heteroatoms. The van der Waals surface area contributed by atoms with Crippen LogP contribution in [-0.2, 0) is 17.6 Å². The topological polar surface area (TPSA) is 86.3 Å². The van der Waals surface area contributed by atoms with Gasteiger partial charge in [-0.25, -0.2) is 0 Å². The van der Waals surface area contributed by atoms with Gasteiger partial charge >= 0.3 is 5.97 Å². The average Bonchev–Trinajstić information content (AvgIpc) is 2.96. The lowest BCUT2D eigenvalue weighted by Gasteiger charge is -2.32. The Morgan fingerprint density at radius 1 is 1.27 bits per heavy atom. The number of aryl methyl sites for hydroxylation is 1. The first-order valence-electron chi connectivity index (χ1n) is 8.22. The molecule has 1 aromatic rings. The van der Waals surface area contributed by atoms with E-state index in [1.807, 2.05) is 4.90 Å². The van der Waals surface area contributed by atoms with Crippen molar-refractivity contribution in [1.29, 1.82) is 0 Å². The number of piperidine rings is 1. The summed E-state index contributed by atoms with van der Waals surface area (Å²) in [6, 6.07) is 0. The molecule has 1 aliphatic heterocycles. The van der Waals surface area contributed by atoms with Gasteiger partial charge in [0.25, 0.3) is 5.91 Å². The summed E-state index contributed by atoms with van der Waals surface area (Å²) >= 11 is 0. The number of hydrogen-bond donors (Lipinski definition) is 2. The van der Waals surface area contributed by atoms with Gasteiger partial charge in [-0.2, -0.15) is 5.10 Å². The highest BCUT2D eigenvalue weighted by molar-refractivity contribution is 5.94. The predicted molar refractivity (Wildman–Crippen MR) is 80.7 cm³/mol. The quantitative estimate of drug-likeness (QED) is 0.891. The number of carboxylic acids is 1. The third-order valence-electron chi connectivity index (χ3n) is 4.83. The normalized spacial score (nSPS) is 21.5. The van der Waals surface area contributed by atoms with E-state index >= 15 is 0 Å². The minimum atomic E-state index is -0.759. The number of aromatic nitrogens is 2. The number of carbonyl (C=O) groups is 2. The fourth-order valence-electron chi connectivity index (χ4n) is 3.62. The first kappa shape index (κ1) is 15.1. The van der Waals surface area contributed by atoms with Gasteiger partial charge in [-0.1, -0.05) is 0 Å². The molecule has 0 spiro atoms. The molecule has 1 saturated heterocycles. The maximum Gasteiger partial charge on any atom is 0.303 e. The maximum atomic E-state index is 12.7. The number of nitrogens with zero attached hydrogens (tertiary/aromatic N) is 2. The summed E-state index contributed by atoms with van der Waals surface area (Å²) in [5, 5.41) is 16.1. The summed E-state index contributed by atoms with van der Waals surface area (Å²) in [5.74, 6) is -0.451. The summed E-state index contributed by atoms with van der Waals surface area (Å²) in [7, 11) is 0. The summed E-state index contributed by atoms with van der Waals surface area (Å²) in [5.41, 5.74) is 2.81. The van der Waals surface area contributed by atoms with Gasteiger partial charge in [-0.3, -0.25) is 14.7 Å². The van der Waals surface area contributed by atoms with Crippen molar-refractivity contribution in [3.8, 4) is 0 Å². The van der Waals surface area contributed by atoms with E-state index < -0.39 is 5.97 Å². The van der Waals surface area contributed by atoms with Crippen LogP contribution < -0.4 is 0 Å². The molecule has 2 heterocycles. The van der Waals surface area contributed by atoms with Gasteiger partial charge in [0.1, 0.15) is 0 Å². The summed E-state index contributed by atoms with van der Waals surface area (Å²) in [6.45, 7) is 1.41. The molecule has 0 aromatic carbocycles. The highest BCUT2D eigenvalue weighted by atomic mass is 16.4. The third kappa shape index (κ3) is 3.15. The Bertz CT molecular complexity index is 567. The molecule has 0 radical (unpaired) electrons. The molecule has 120 valence electrons. The number of nitrogens with one attached hydrogen (secondary N) is 1. The van der Waals surface area contributed by atoms with Crippen LogP contribution in [0.5, 0.6) is 0 Å². The monoisotopic (exact) mass is 305 g/mol. The van der Waals surface area contributed by atoms with Gasteiger partial charge in [-0.15, -0.1) is 0 Å². The zero-order valence-corrected chi connectivity index (χ0v) is 12.8. The van der Waals surface area contributed by atoms with Gasteiger partial charge in [0.05, 0.1) is 0 Å². The molecule has 22 heavy (non-hydrogen) atoms. The second kappa shape index (κ2) is 6.50. The second-order valence-corrected chi connectivity index (χ2v) is 6.43. The molecular weight excluding hydrogens is 282 g/mol. The van der Waals surface area contributed by atoms with Crippen LogP contribution in [-0.4, -0.2) is 45.2 Å². The fourth-order valence-corrected chi connectivity index (χ4v) is 3.62. The Labute approximate surface area is 129 Å². The molecule has 0 bridgehead atoms. The average molecular weight is 305 g/mol. The number of hydrogen-bond acceptors (Lipinski definition) is 3. The number of carbonyl (C=O) groups excluding carboxylic acids is 1. The lowest BCUT2D eigenvalue weighted by molar-refractivity contribution is -0.137. The first-order chi connectivity index (χ1) is 10.6. The van der Waals surface area contributed by atoms with Crippen molar-refractivity contribution in [3.63, 3.8) is 0 Å². The number of rotatable bonds is 4. The summed E-state index contributed by atoms with van der Waals surface area (Å²) < 4.78 is 0. The highest BCUT2D eigenvalue weighted by Crippen LogP contribution is 2.26. The van der Waals surface area contributed by atoms with Crippen LogP contribution in [0.3, 0.4) is 0 Å². The molecule has 2 aliphatic rings. The Balaban J connectivity index is 1.66. The zero-order chi connectivity index (χ0) is 15.5. The van der Waals surface area contributed by atoms with Crippen LogP contribution >= 0.6 is 0 Å². The molecule has 2 N–H and O–H groups in total.